The zero-order valence-corrected chi connectivity index (χ0v) is 11.5. The van der Waals surface area contributed by atoms with Crippen molar-refractivity contribution in [2.24, 2.45) is 5.16 Å². The molecule has 0 saturated carbocycles. The van der Waals surface area contributed by atoms with Gasteiger partial charge < -0.3 is 15.3 Å². The van der Waals surface area contributed by atoms with E-state index < -0.39 is 23.6 Å². The minimum atomic E-state index is -0.871. The van der Waals surface area contributed by atoms with Gasteiger partial charge in [0.25, 0.3) is 5.91 Å². The summed E-state index contributed by atoms with van der Waals surface area (Å²) in [5.41, 5.74) is 0.190. The smallest absolute Gasteiger partial charge is 0.264 e. The van der Waals surface area contributed by atoms with Crippen molar-refractivity contribution < 1.29 is 23.5 Å². The number of carbonyl (C=O) groups is 1. The number of hydrogen-bond donors (Lipinski definition) is 2. The van der Waals surface area contributed by atoms with Crippen molar-refractivity contribution in [2.45, 2.75) is 31.9 Å². The molecular weight excluding hydrogens is 282 g/mol. The number of amides is 1. The Morgan fingerprint density at radius 1 is 1.57 bits per heavy atom. The molecule has 5 nitrogen and oxygen atoms in total. The SMILES string of the molecule is CC(CCO)NC(=O)C1CC(c2cc(F)ccc2F)=NO1. The van der Waals surface area contributed by atoms with Crippen LogP contribution >= 0.6 is 0 Å². The first-order chi connectivity index (χ1) is 10.0. The van der Waals surface area contributed by atoms with Crippen molar-refractivity contribution in [1.82, 2.24) is 5.32 Å². The average Bonchev–Trinajstić information content (AvgIpc) is 2.91. The van der Waals surface area contributed by atoms with Crippen molar-refractivity contribution in [3.63, 3.8) is 0 Å². The molecule has 1 aliphatic rings. The average molecular weight is 298 g/mol. The van der Waals surface area contributed by atoms with Crippen molar-refractivity contribution in [3.05, 3.63) is 35.4 Å². The molecule has 0 spiro atoms. The number of aliphatic hydroxyl groups excluding tert-OH is 1. The molecule has 2 unspecified atom stereocenters. The molecule has 0 fully saturated rings. The van der Waals surface area contributed by atoms with Crippen molar-refractivity contribution in [3.8, 4) is 0 Å². The summed E-state index contributed by atoms with van der Waals surface area (Å²) in [5, 5.41) is 15.1. The van der Waals surface area contributed by atoms with Gasteiger partial charge in [0.15, 0.2) is 0 Å². The lowest BCUT2D eigenvalue weighted by Crippen LogP contribution is -2.40. The number of halogens is 2. The summed E-state index contributed by atoms with van der Waals surface area (Å²) in [4.78, 5) is 16.9. The van der Waals surface area contributed by atoms with Gasteiger partial charge in [-0.3, -0.25) is 4.79 Å². The number of carbonyl (C=O) groups excluding carboxylic acids is 1. The Bertz CT molecular complexity index is 563. The molecule has 1 aromatic carbocycles. The molecule has 7 heteroatoms. The summed E-state index contributed by atoms with van der Waals surface area (Å²) in [6.45, 7) is 1.71. The maximum Gasteiger partial charge on any atom is 0.264 e. The fourth-order valence-electron chi connectivity index (χ4n) is 2.00. The summed E-state index contributed by atoms with van der Waals surface area (Å²) in [6.07, 6.45) is -0.383. The third-order valence-corrected chi connectivity index (χ3v) is 3.15. The Morgan fingerprint density at radius 3 is 3.05 bits per heavy atom. The van der Waals surface area contributed by atoms with E-state index in [1.54, 1.807) is 6.92 Å². The second-order valence-corrected chi connectivity index (χ2v) is 4.88. The van der Waals surface area contributed by atoms with Gasteiger partial charge in [0.05, 0.1) is 5.71 Å². The lowest BCUT2D eigenvalue weighted by Gasteiger charge is -2.14. The highest BCUT2D eigenvalue weighted by atomic mass is 19.1. The molecular formula is C14H16F2N2O3. The van der Waals surface area contributed by atoms with Crippen LogP contribution in [0.4, 0.5) is 8.78 Å². The van der Waals surface area contributed by atoms with Crippen LogP contribution in [0.5, 0.6) is 0 Å². The number of aliphatic hydroxyl groups is 1. The molecule has 0 radical (unpaired) electrons. The van der Waals surface area contributed by atoms with E-state index in [0.29, 0.717) is 6.42 Å². The topological polar surface area (TPSA) is 70.9 Å². The van der Waals surface area contributed by atoms with Crippen molar-refractivity contribution >= 4 is 11.6 Å². The van der Waals surface area contributed by atoms with Gasteiger partial charge in [-0.15, -0.1) is 0 Å². The fourth-order valence-corrected chi connectivity index (χ4v) is 2.00. The molecule has 21 heavy (non-hydrogen) atoms. The van der Waals surface area contributed by atoms with Crippen LogP contribution < -0.4 is 5.32 Å². The van der Waals surface area contributed by atoms with Crippen molar-refractivity contribution in [2.75, 3.05) is 6.61 Å². The summed E-state index contributed by atoms with van der Waals surface area (Å²) in [6, 6.07) is 2.83. The second-order valence-electron chi connectivity index (χ2n) is 4.88. The van der Waals surface area contributed by atoms with E-state index >= 15 is 0 Å². The molecule has 0 aliphatic carbocycles. The van der Waals surface area contributed by atoms with E-state index in [1.807, 2.05) is 0 Å². The predicted molar refractivity (Wildman–Crippen MR) is 71.7 cm³/mol. The number of oxime groups is 1. The van der Waals surface area contributed by atoms with Crippen LogP contribution in [-0.4, -0.2) is 35.5 Å². The van der Waals surface area contributed by atoms with Crippen LogP contribution in [0, 0.1) is 11.6 Å². The van der Waals surface area contributed by atoms with Gasteiger partial charge in [-0.05, 0) is 31.5 Å². The first-order valence-corrected chi connectivity index (χ1v) is 6.60. The van der Waals surface area contributed by atoms with E-state index in [9.17, 15) is 13.6 Å². The minimum absolute atomic E-state index is 0.00583. The van der Waals surface area contributed by atoms with Crippen molar-refractivity contribution in [1.29, 1.82) is 0 Å². The van der Waals surface area contributed by atoms with Crippen LogP contribution in [0.1, 0.15) is 25.3 Å². The molecule has 2 N–H and O–H groups in total. The maximum absolute atomic E-state index is 13.6. The molecule has 0 aromatic heterocycles. The van der Waals surface area contributed by atoms with Crippen LogP contribution in [0.2, 0.25) is 0 Å². The van der Waals surface area contributed by atoms with Gasteiger partial charge >= 0.3 is 0 Å². The summed E-state index contributed by atoms with van der Waals surface area (Å²) < 4.78 is 26.8. The minimum Gasteiger partial charge on any atom is -0.396 e. The molecule has 2 atom stereocenters. The molecule has 0 saturated heterocycles. The van der Waals surface area contributed by atoms with E-state index in [4.69, 9.17) is 9.94 Å². The first-order valence-electron chi connectivity index (χ1n) is 6.60. The number of hydrogen-bond acceptors (Lipinski definition) is 4. The van der Waals surface area contributed by atoms with Crippen LogP contribution in [0.15, 0.2) is 23.4 Å². The third kappa shape index (κ3) is 3.75. The van der Waals surface area contributed by atoms with Gasteiger partial charge in [0.2, 0.25) is 6.10 Å². The first kappa shape index (κ1) is 15.4. The highest BCUT2D eigenvalue weighted by Crippen LogP contribution is 2.20. The quantitative estimate of drug-likeness (QED) is 0.862. The Morgan fingerprint density at radius 2 is 2.33 bits per heavy atom. The third-order valence-electron chi connectivity index (χ3n) is 3.15. The molecule has 1 aromatic rings. The fraction of sp³-hybridized carbons (Fsp3) is 0.429. The molecule has 1 heterocycles. The summed E-state index contributed by atoms with van der Waals surface area (Å²) in [7, 11) is 0. The van der Waals surface area contributed by atoms with E-state index in [2.05, 4.69) is 10.5 Å². The molecule has 1 aliphatic heterocycles. The normalized spacial score (nSPS) is 18.9. The largest absolute Gasteiger partial charge is 0.396 e. The van der Waals surface area contributed by atoms with Gasteiger partial charge in [0.1, 0.15) is 11.6 Å². The van der Waals surface area contributed by atoms with E-state index in [-0.39, 0.29) is 30.3 Å². The Hall–Kier alpha value is -2.02. The molecule has 114 valence electrons. The standard InChI is InChI=1S/C14H16F2N2O3/c1-8(4-5-19)17-14(20)13-7-12(18-21-13)10-6-9(15)2-3-11(10)16/h2-3,6,8,13,19H,4-5,7H2,1H3,(H,17,20). The number of benzene rings is 1. The second kappa shape index (κ2) is 6.62. The number of rotatable bonds is 5. The van der Waals surface area contributed by atoms with Crippen LogP contribution in [0.3, 0.4) is 0 Å². The van der Waals surface area contributed by atoms with E-state index in [1.165, 1.54) is 0 Å². The Kier molecular flexibility index (Phi) is 4.85. The zero-order chi connectivity index (χ0) is 15.4. The van der Waals surface area contributed by atoms with Crippen LogP contribution in [-0.2, 0) is 9.63 Å². The van der Waals surface area contributed by atoms with Crippen LogP contribution in [0.25, 0.3) is 0 Å². The van der Waals surface area contributed by atoms with E-state index in [0.717, 1.165) is 18.2 Å². The lowest BCUT2D eigenvalue weighted by molar-refractivity contribution is -0.131. The molecule has 2 rings (SSSR count). The van der Waals surface area contributed by atoms with Gasteiger partial charge in [-0.2, -0.15) is 0 Å². The predicted octanol–water partition coefficient (Wildman–Crippen LogP) is 1.34. The van der Waals surface area contributed by atoms with Gasteiger partial charge in [-0.1, -0.05) is 5.16 Å². The highest BCUT2D eigenvalue weighted by Gasteiger charge is 2.30. The number of nitrogens with one attached hydrogen (secondary N) is 1. The van der Waals surface area contributed by atoms with Gasteiger partial charge in [-0.25, -0.2) is 8.78 Å². The zero-order valence-electron chi connectivity index (χ0n) is 11.5. The summed E-state index contributed by atoms with van der Waals surface area (Å²) in [5.74, 6) is -1.60. The Balaban J connectivity index is 1.99. The summed E-state index contributed by atoms with van der Waals surface area (Å²) >= 11 is 0. The molecule has 1 amide bonds. The lowest BCUT2D eigenvalue weighted by atomic mass is 10.0. The molecule has 0 bridgehead atoms. The maximum atomic E-state index is 13.6. The highest BCUT2D eigenvalue weighted by molar-refractivity contribution is 6.04. The number of nitrogens with zero attached hydrogens (tertiary/aromatic N) is 1. The monoisotopic (exact) mass is 298 g/mol. The van der Waals surface area contributed by atoms with Gasteiger partial charge in [0, 0.05) is 24.6 Å². The Labute approximate surface area is 120 Å².